The number of hydrogen-bond donors (Lipinski definition) is 1. The Morgan fingerprint density at radius 1 is 1.21 bits per heavy atom. The number of nitrogens with one attached hydrogen (secondary N) is 1. The lowest BCUT2D eigenvalue weighted by atomic mass is 10.0. The van der Waals surface area contributed by atoms with Gasteiger partial charge in [-0.2, -0.15) is 5.26 Å². The van der Waals surface area contributed by atoms with Crippen LogP contribution in [0.15, 0.2) is 48.5 Å². The summed E-state index contributed by atoms with van der Waals surface area (Å²) in [5.41, 5.74) is 2.65. The van der Waals surface area contributed by atoms with Gasteiger partial charge in [-0.15, -0.1) is 0 Å². The van der Waals surface area contributed by atoms with Gasteiger partial charge in [0, 0.05) is 26.4 Å². The zero-order valence-electron chi connectivity index (χ0n) is 16.2. The zero-order valence-corrected chi connectivity index (χ0v) is 16.2. The van der Waals surface area contributed by atoms with E-state index in [4.69, 9.17) is 14.7 Å². The van der Waals surface area contributed by atoms with E-state index in [2.05, 4.69) is 11.4 Å². The third kappa shape index (κ3) is 5.24. The highest BCUT2D eigenvalue weighted by Crippen LogP contribution is 2.19. The van der Waals surface area contributed by atoms with Gasteiger partial charge in [-0.3, -0.25) is 4.79 Å². The van der Waals surface area contributed by atoms with E-state index in [1.165, 1.54) is 0 Å². The summed E-state index contributed by atoms with van der Waals surface area (Å²) in [6, 6.07) is 16.9. The van der Waals surface area contributed by atoms with E-state index in [1.807, 2.05) is 43.3 Å². The lowest BCUT2D eigenvalue weighted by molar-refractivity contribution is -0.123. The quantitative estimate of drug-likeness (QED) is 0.835. The molecule has 0 saturated carbocycles. The average molecular weight is 379 g/mol. The fourth-order valence-corrected chi connectivity index (χ4v) is 3.13. The smallest absolute Gasteiger partial charge is 0.224 e. The molecule has 1 heterocycles. The van der Waals surface area contributed by atoms with Crippen LogP contribution in [0, 0.1) is 11.3 Å². The minimum Gasteiger partial charge on any atom is -0.486 e. The molecule has 2 atom stereocenters. The van der Waals surface area contributed by atoms with Crippen LogP contribution in [0.1, 0.15) is 17.5 Å². The van der Waals surface area contributed by atoms with E-state index in [0.717, 1.165) is 11.3 Å². The van der Waals surface area contributed by atoms with E-state index < -0.39 is 0 Å². The maximum absolute atomic E-state index is 12.5. The minimum absolute atomic E-state index is 0.0297. The molecule has 1 fully saturated rings. The summed E-state index contributed by atoms with van der Waals surface area (Å²) in [6.45, 7) is 1.01. The van der Waals surface area contributed by atoms with Crippen LogP contribution in [0.4, 0.5) is 5.69 Å². The highest BCUT2D eigenvalue weighted by atomic mass is 16.5. The monoisotopic (exact) mass is 379 g/mol. The Bertz CT molecular complexity index is 826. The van der Waals surface area contributed by atoms with Crippen LogP contribution in [0.3, 0.4) is 0 Å². The molecule has 0 aromatic heterocycles. The maximum Gasteiger partial charge on any atom is 0.224 e. The fraction of sp³-hybridized carbons (Fsp3) is 0.364. The van der Waals surface area contributed by atoms with Gasteiger partial charge < -0.3 is 19.7 Å². The van der Waals surface area contributed by atoms with Gasteiger partial charge >= 0.3 is 0 Å². The number of carbonyl (C=O) groups excluding carboxylic acids is 1. The number of nitriles is 1. The standard InChI is InChI=1S/C22H25N3O3/c1-25(2)18-7-3-16(4-8-18)13-22(26)24-20-11-12-27-15-21(20)28-19-9-5-17(14-23)6-10-19/h3-10,20-21H,11-13,15H2,1-2H3,(H,24,26)/t20-,21-/m1/s1. The second-order valence-corrected chi connectivity index (χ2v) is 7.07. The Morgan fingerprint density at radius 3 is 2.57 bits per heavy atom. The van der Waals surface area contributed by atoms with Crippen molar-refractivity contribution in [2.24, 2.45) is 0 Å². The first-order chi connectivity index (χ1) is 13.5. The van der Waals surface area contributed by atoms with Crippen molar-refractivity contribution in [3.05, 3.63) is 59.7 Å². The summed E-state index contributed by atoms with van der Waals surface area (Å²) < 4.78 is 11.5. The Morgan fingerprint density at radius 2 is 1.93 bits per heavy atom. The Hall–Kier alpha value is -3.04. The van der Waals surface area contributed by atoms with Crippen molar-refractivity contribution in [3.8, 4) is 11.8 Å². The average Bonchev–Trinajstić information content (AvgIpc) is 2.70. The Labute approximate surface area is 165 Å². The number of ether oxygens (including phenoxy) is 2. The van der Waals surface area contributed by atoms with Crippen molar-refractivity contribution in [2.75, 3.05) is 32.2 Å². The molecule has 3 rings (SSSR count). The van der Waals surface area contributed by atoms with Crippen LogP contribution < -0.4 is 15.0 Å². The van der Waals surface area contributed by atoms with Gasteiger partial charge in [0.15, 0.2) is 0 Å². The highest BCUT2D eigenvalue weighted by molar-refractivity contribution is 5.79. The molecule has 1 aliphatic heterocycles. The molecule has 0 radical (unpaired) electrons. The Balaban J connectivity index is 1.58. The van der Waals surface area contributed by atoms with Crippen molar-refractivity contribution in [1.29, 1.82) is 5.26 Å². The number of rotatable bonds is 6. The number of carbonyl (C=O) groups is 1. The number of nitrogens with zero attached hydrogens (tertiary/aromatic N) is 2. The van der Waals surface area contributed by atoms with Gasteiger partial charge in [0.2, 0.25) is 5.91 Å². The van der Waals surface area contributed by atoms with Crippen LogP contribution in [0.2, 0.25) is 0 Å². The number of anilines is 1. The van der Waals surface area contributed by atoms with Crippen LogP contribution in [0.5, 0.6) is 5.75 Å². The molecule has 1 saturated heterocycles. The molecule has 0 unspecified atom stereocenters. The lowest BCUT2D eigenvalue weighted by Gasteiger charge is -2.32. The molecule has 6 nitrogen and oxygen atoms in total. The third-order valence-corrected chi connectivity index (χ3v) is 4.74. The number of benzene rings is 2. The molecule has 0 aliphatic carbocycles. The van der Waals surface area contributed by atoms with Gasteiger partial charge in [0.25, 0.3) is 0 Å². The second kappa shape index (κ2) is 9.25. The number of amides is 1. The maximum atomic E-state index is 12.5. The summed E-state index contributed by atoms with van der Waals surface area (Å²) in [5.74, 6) is 0.631. The van der Waals surface area contributed by atoms with Gasteiger partial charge in [-0.1, -0.05) is 12.1 Å². The largest absolute Gasteiger partial charge is 0.486 e. The topological polar surface area (TPSA) is 74.6 Å². The Kier molecular flexibility index (Phi) is 6.51. The summed E-state index contributed by atoms with van der Waals surface area (Å²) in [6.07, 6.45) is 0.766. The molecule has 0 bridgehead atoms. The summed E-state index contributed by atoms with van der Waals surface area (Å²) in [5, 5.41) is 12.0. The van der Waals surface area contributed by atoms with Gasteiger partial charge in [0.05, 0.1) is 30.7 Å². The highest BCUT2D eigenvalue weighted by Gasteiger charge is 2.29. The minimum atomic E-state index is -0.262. The zero-order chi connectivity index (χ0) is 19.9. The van der Waals surface area contributed by atoms with Gasteiger partial charge in [-0.25, -0.2) is 0 Å². The molecule has 0 spiro atoms. The third-order valence-electron chi connectivity index (χ3n) is 4.74. The van der Waals surface area contributed by atoms with Crippen molar-refractivity contribution in [2.45, 2.75) is 25.0 Å². The number of hydrogen-bond acceptors (Lipinski definition) is 5. The normalized spacial score (nSPS) is 18.8. The van der Waals surface area contributed by atoms with Crippen molar-refractivity contribution < 1.29 is 14.3 Å². The molecule has 146 valence electrons. The molecule has 1 amide bonds. The van der Waals surface area contributed by atoms with Crippen LogP contribution in [0.25, 0.3) is 0 Å². The molecular weight excluding hydrogens is 354 g/mol. The molecule has 1 aliphatic rings. The molecule has 1 N–H and O–H groups in total. The summed E-state index contributed by atoms with van der Waals surface area (Å²) >= 11 is 0. The van der Waals surface area contributed by atoms with Gasteiger partial charge in [-0.05, 0) is 48.4 Å². The summed E-state index contributed by atoms with van der Waals surface area (Å²) in [7, 11) is 3.97. The molecule has 28 heavy (non-hydrogen) atoms. The van der Waals surface area contributed by atoms with Crippen LogP contribution >= 0.6 is 0 Å². The first-order valence-electron chi connectivity index (χ1n) is 9.35. The van der Waals surface area contributed by atoms with Crippen molar-refractivity contribution in [3.63, 3.8) is 0 Å². The van der Waals surface area contributed by atoms with Crippen LogP contribution in [-0.2, 0) is 16.0 Å². The molecular formula is C22H25N3O3. The second-order valence-electron chi connectivity index (χ2n) is 7.07. The van der Waals surface area contributed by atoms with E-state index in [0.29, 0.717) is 37.4 Å². The molecule has 2 aromatic carbocycles. The summed E-state index contributed by atoms with van der Waals surface area (Å²) in [4.78, 5) is 14.6. The SMILES string of the molecule is CN(C)c1ccc(CC(=O)N[C@@H]2CCOC[C@H]2Oc2ccc(C#N)cc2)cc1. The fourth-order valence-electron chi connectivity index (χ4n) is 3.13. The first-order valence-corrected chi connectivity index (χ1v) is 9.35. The van der Waals surface area contributed by atoms with E-state index in [-0.39, 0.29) is 18.1 Å². The predicted molar refractivity (Wildman–Crippen MR) is 107 cm³/mol. The predicted octanol–water partition coefficient (Wildman–Crippen LogP) is 2.52. The van der Waals surface area contributed by atoms with Gasteiger partial charge in [0.1, 0.15) is 11.9 Å². The lowest BCUT2D eigenvalue weighted by Crippen LogP contribution is -2.51. The molecule has 6 heteroatoms. The van der Waals surface area contributed by atoms with Crippen molar-refractivity contribution >= 4 is 11.6 Å². The van der Waals surface area contributed by atoms with Crippen LogP contribution in [-0.4, -0.2) is 45.4 Å². The van der Waals surface area contributed by atoms with E-state index >= 15 is 0 Å². The van der Waals surface area contributed by atoms with E-state index in [1.54, 1.807) is 24.3 Å². The molecule has 2 aromatic rings. The first kappa shape index (κ1) is 19.7. The van der Waals surface area contributed by atoms with Crippen molar-refractivity contribution in [1.82, 2.24) is 5.32 Å². The van der Waals surface area contributed by atoms with E-state index in [9.17, 15) is 4.79 Å².